The fraction of sp³-hybridized carbons (Fsp3) is 0.588. The molecule has 0 radical (unpaired) electrons. The Labute approximate surface area is 137 Å². The van der Waals surface area contributed by atoms with E-state index >= 15 is 0 Å². The van der Waals surface area contributed by atoms with E-state index in [4.69, 9.17) is 4.74 Å². The fourth-order valence-corrected chi connectivity index (χ4v) is 3.52. The largest absolute Gasteiger partial charge is 0.497 e. The van der Waals surface area contributed by atoms with Crippen LogP contribution >= 0.6 is 11.8 Å². The number of carbonyl (C=O) groups is 1. The van der Waals surface area contributed by atoms with Gasteiger partial charge in [-0.05, 0) is 69.5 Å². The van der Waals surface area contributed by atoms with Gasteiger partial charge in [-0.1, -0.05) is 0 Å². The first-order chi connectivity index (χ1) is 10.7. The second-order valence-electron chi connectivity index (χ2n) is 5.73. The van der Waals surface area contributed by atoms with Crippen molar-refractivity contribution in [3.63, 3.8) is 0 Å². The first-order valence-electron chi connectivity index (χ1n) is 7.98. The Balaban J connectivity index is 1.69. The lowest BCUT2D eigenvalue weighted by molar-refractivity contribution is -0.120. The van der Waals surface area contributed by atoms with Crippen LogP contribution in [0.5, 0.6) is 5.75 Å². The molecule has 5 heteroatoms. The first-order valence-corrected chi connectivity index (χ1v) is 8.86. The molecule has 4 nitrogen and oxygen atoms in total. The predicted molar refractivity (Wildman–Crippen MR) is 91.5 cm³/mol. The van der Waals surface area contributed by atoms with Crippen molar-refractivity contribution in [2.75, 3.05) is 26.7 Å². The van der Waals surface area contributed by atoms with Crippen molar-refractivity contribution >= 4 is 17.7 Å². The maximum absolute atomic E-state index is 12.1. The molecule has 1 heterocycles. The number of nitrogens with one attached hydrogen (secondary N) is 2. The Hall–Kier alpha value is -1.20. The number of amides is 1. The van der Waals surface area contributed by atoms with Gasteiger partial charge in [0.05, 0.1) is 12.4 Å². The van der Waals surface area contributed by atoms with E-state index in [2.05, 4.69) is 10.6 Å². The molecule has 2 rings (SSSR count). The number of carbonyl (C=O) groups excluding carboxylic acids is 1. The zero-order valence-electron chi connectivity index (χ0n) is 13.4. The molecule has 1 saturated heterocycles. The normalized spacial score (nSPS) is 19.5. The number of hydrogen-bond acceptors (Lipinski definition) is 4. The second kappa shape index (κ2) is 9.06. The zero-order valence-corrected chi connectivity index (χ0v) is 14.2. The average Bonchev–Trinajstić information content (AvgIpc) is 2.56. The highest BCUT2D eigenvalue weighted by Gasteiger charge is 2.16. The molecule has 1 fully saturated rings. The zero-order chi connectivity index (χ0) is 15.8. The summed E-state index contributed by atoms with van der Waals surface area (Å²) >= 11 is 1.58. The Morgan fingerprint density at radius 1 is 1.45 bits per heavy atom. The van der Waals surface area contributed by atoms with Crippen molar-refractivity contribution in [3.8, 4) is 5.75 Å². The van der Waals surface area contributed by atoms with Crippen LogP contribution in [0.25, 0.3) is 0 Å². The van der Waals surface area contributed by atoms with E-state index in [0.717, 1.165) is 36.7 Å². The number of hydrogen-bond donors (Lipinski definition) is 2. The lowest BCUT2D eigenvalue weighted by Gasteiger charge is -2.23. The molecule has 122 valence electrons. The summed E-state index contributed by atoms with van der Waals surface area (Å²) in [6, 6.07) is 7.81. The Morgan fingerprint density at radius 3 is 2.86 bits per heavy atom. The first kappa shape index (κ1) is 17.2. The van der Waals surface area contributed by atoms with Crippen LogP contribution in [-0.4, -0.2) is 37.9 Å². The molecule has 2 unspecified atom stereocenters. The van der Waals surface area contributed by atoms with Gasteiger partial charge in [-0.3, -0.25) is 4.79 Å². The van der Waals surface area contributed by atoms with Gasteiger partial charge < -0.3 is 15.4 Å². The van der Waals surface area contributed by atoms with Crippen LogP contribution in [0.3, 0.4) is 0 Å². The minimum absolute atomic E-state index is 0.0853. The summed E-state index contributed by atoms with van der Waals surface area (Å²) in [6.45, 7) is 4.95. The fourth-order valence-electron chi connectivity index (χ4n) is 2.63. The summed E-state index contributed by atoms with van der Waals surface area (Å²) in [5, 5.41) is 6.39. The van der Waals surface area contributed by atoms with Gasteiger partial charge >= 0.3 is 0 Å². The van der Waals surface area contributed by atoms with E-state index in [-0.39, 0.29) is 11.2 Å². The predicted octanol–water partition coefficient (Wildman–Crippen LogP) is 2.68. The quantitative estimate of drug-likeness (QED) is 0.758. The minimum Gasteiger partial charge on any atom is -0.497 e. The average molecular weight is 322 g/mol. The summed E-state index contributed by atoms with van der Waals surface area (Å²) < 4.78 is 5.14. The Kier molecular flexibility index (Phi) is 7.06. The molecule has 0 bridgehead atoms. The summed E-state index contributed by atoms with van der Waals surface area (Å²) in [7, 11) is 1.65. The van der Waals surface area contributed by atoms with Gasteiger partial charge in [0.1, 0.15) is 5.75 Å². The van der Waals surface area contributed by atoms with Crippen molar-refractivity contribution in [2.45, 2.75) is 36.3 Å². The van der Waals surface area contributed by atoms with E-state index in [1.54, 1.807) is 18.9 Å². The van der Waals surface area contributed by atoms with Gasteiger partial charge in [0.25, 0.3) is 0 Å². The topological polar surface area (TPSA) is 50.4 Å². The minimum atomic E-state index is -0.0853. The van der Waals surface area contributed by atoms with E-state index in [0.29, 0.717) is 5.92 Å². The van der Waals surface area contributed by atoms with Crippen LogP contribution in [0.1, 0.15) is 26.2 Å². The molecule has 1 aromatic carbocycles. The van der Waals surface area contributed by atoms with Crippen LogP contribution in [0, 0.1) is 5.92 Å². The lowest BCUT2D eigenvalue weighted by Crippen LogP contribution is -2.35. The van der Waals surface area contributed by atoms with Crippen LogP contribution in [0.15, 0.2) is 29.2 Å². The number of rotatable bonds is 7. The van der Waals surface area contributed by atoms with Gasteiger partial charge in [0, 0.05) is 11.4 Å². The number of ether oxygens (including phenoxy) is 1. The van der Waals surface area contributed by atoms with E-state index in [9.17, 15) is 4.79 Å². The highest BCUT2D eigenvalue weighted by Crippen LogP contribution is 2.25. The molecule has 0 saturated carbocycles. The third-order valence-electron chi connectivity index (χ3n) is 3.99. The third-order valence-corrected chi connectivity index (χ3v) is 5.10. The van der Waals surface area contributed by atoms with E-state index < -0.39 is 0 Å². The molecule has 1 amide bonds. The Morgan fingerprint density at radius 2 is 2.23 bits per heavy atom. The number of methoxy groups -OCH3 is 1. The van der Waals surface area contributed by atoms with Crippen molar-refractivity contribution in [1.29, 1.82) is 0 Å². The molecular formula is C17H26N2O2S. The molecule has 0 aliphatic carbocycles. The summed E-state index contributed by atoms with van der Waals surface area (Å²) in [5.74, 6) is 1.66. The third kappa shape index (κ3) is 5.54. The molecule has 0 aromatic heterocycles. The van der Waals surface area contributed by atoms with Crippen molar-refractivity contribution in [1.82, 2.24) is 10.6 Å². The van der Waals surface area contributed by atoms with Gasteiger partial charge in [0.2, 0.25) is 5.91 Å². The van der Waals surface area contributed by atoms with E-state index in [1.165, 1.54) is 12.8 Å². The molecule has 1 aliphatic heterocycles. The summed E-state index contributed by atoms with van der Waals surface area (Å²) in [4.78, 5) is 13.2. The van der Waals surface area contributed by atoms with Crippen LogP contribution in [0.2, 0.25) is 0 Å². The van der Waals surface area contributed by atoms with Gasteiger partial charge in [-0.2, -0.15) is 0 Å². The van der Waals surface area contributed by atoms with Crippen LogP contribution in [0.4, 0.5) is 0 Å². The molecular weight excluding hydrogens is 296 g/mol. The molecule has 1 aliphatic rings. The number of thioether (sulfide) groups is 1. The number of piperidine rings is 1. The van der Waals surface area contributed by atoms with Gasteiger partial charge in [-0.25, -0.2) is 0 Å². The standard InChI is InChI=1S/C17H26N2O2S/c1-13(22-16-7-5-15(21-2)6-8-16)17(20)19-11-9-14-4-3-10-18-12-14/h5-8,13-14,18H,3-4,9-12H2,1-2H3,(H,19,20). The number of benzene rings is 1. The monoisotopic (exact) mass is 322 g/mol. The van der Waals surface area contributed by atoms with Gasteiger partial charge in [0.15, 0.2) is 0 Å². The van der Waals surface area contributed by atoms with Crippen molar-refractivity contribution in [3.05, 3.63) is 24.3 Å². The molecule has 0 spiro atoms. The van der Waals surface area contributed by atoms with Crippen molar-refractivity contribution in [2.24, 2.45) is 5.92 Å². The maximum Gasteiger partial charge on any atom is 0.233 e. The van der Waals surface area contributed by atoms with Crippen molar-refractivity contribution < 1.29 is 9.53 Å². The smallest absolute Gasteiger partial charge is 0.233 e. The lowest BCUT2D eigenvalue weighted by atomic mass is 9.96. The molecule has 1 aromatic rings. The summed E-state index contributed by atoms with van der Waals surface area (Å²) in [5.41, 5.74) is 0. The van der Waals surface area contributed by atoms with E-state index in [1.807, 2.05) is 31.2 Å². The maximum atomic E-state index is 12.1. The summed E-state index contributed by atoms with van der Waals surface area (Å²) in [6.07, 6.45) is 3.60. The van der Waals surface area contributed by atoms with Gasteiger partial charge in [-0.15, -0.1) is 11.8 Å². The van der Waals surface area contributed by atoms with Crippen LogP contribution in [-0.2, 0) is 4.79 Å². The second-order valence-corrected chi connectivity index (χ2v) is 7.14. The molecule has 2 atom stereocenters. The SMILES string of the molecule is COc1ccc(SC(C)C(=O)NCCC2CCCNC2)cc1. The Bertz CT molecular complexity index is 458. The molecule has 22 heavy (non-hydrogen) atoms. The highest BCUT2D eigenvalue weighted by molar-refractivity contribution is 8.00. The van der Waals surface area contributed by atoms with Crippen LogP contribution < -0.4 is 15.4 Å². The molecule has 2 N–H and O–H groups in total. The highest BCUT2D eigenvalue weighted by atomic mass is 32.2.